The van der Waals surface area contributed by atoms with Crippen LogP contribution in [-0.2, 0) is 0 Å². The smallest absolute Gasteiger partial charge is 0.314 e. The zero-order valence-electron chi connectivity index (χ0n) is 10.8. The van der Waals surface area contributed by atoms with E-state index >= 15 is 0 Å². The van der Waals surface area contributed by atoms with E-state index in [0.29, 0.717) is 12.0 Å². The van der Waals surface area contributed by atoms with Gasteiger partial charge in [0.15, 0.2) is 5.75 Å². The zero-order chi connectivity index (χ0) is 13.9. The van der Waals surface area contributed by atoms with Crippen molar-refractivity contribution >= 4 is 18.1 Å². The Hall–Kier alpha value is -1.79. The number of rotatable bonds is 5. The van der Waals surface area contributed by atoms with Crippen LogP contribution >= 0.6 is 12.4 Å². The summed E-state index contributed by atoms with van der Waals surface area (Å²) in [6, 6.07) is 2.33. The van der Waals surface area contributed by atoms with E-state index in [1.54, 1.807) is 0 Å². The molecule has 0 fully saturated rings. The van der Waals surface area contributed by atoms with E-state index < -0.39 is 22.4 Å². The molecule has 1 aromatic rings. The van der Waals surface area contributed by atoms with Crippen LogP contribution in [0.1, 0.15) is 24.9 Å². The minimum absolute atomic E-state index is 0. The number of hydrogen-bond donors (Lipinski definition) is 2. The predicted octanol–water partition coefficient (Wildman–Crippen LogP) is 2.70. The van der Waals surface area contributed by atoms with Crippen LogP contribution in [0.5, 0.6) is 11.5 Å². The van der Waals surface area contributed by atoms with Crippen LogP contribution in [0.4, 0.5) is 5.69 Å². The number of nitro groups is 1. The Morgan fingerprint density at radius 3 is 2.63 bits per heavy atom. The minimum atomic E-state index is -0.672. The van der Waals surface area contributed by atoms with Crippen LogP contribution < -0.4 is 10.5 Å². The zero-order valence-corrected chi connectivity index (χ0v) is 11.6. The second kappa shape index (κ2) is 6.96. The molecular weight excluding hydrogens is 272 g/mol. The summed E-state index contributed by atoms with van der Waals surface area (Å²) in [5.74, 6) is -0.454. The van der Waals surface area contributed by atoms with E-state index in [1.807, 2.05) is 6.92 Å². The summed E-state index contributed by atoms with van der Waals surface area (Å²) in [6.45, 7) is 5.57. The molecule has 1 aromatic carbocycles. The van der Waals surface area contributed by atoms with Gasteiger partial charge in [-0.05, 0) is 25.0 Å². The summed E-state index contributed by atoms with van der Waals surface area (Å²) in [4.78, 5) is 10.1. The molecule has 7 heteroatoms. The van der Waals surface area contributed by atoms with E-state index in [2.05, 4.69) is 6.58 Å². The van der Waals surface area contributed by atoms with Gasteiger partial charge in [-0.15, -0.1) is 19.0 Å². The quantitative estimate of drug-likeness (QED) is 0.493. The molecule has 0 radical (unpaired) electrons. The number of nitrogens with two attached hydrogens (primary N) is 1. The third kappa shape index (κ3) is 4.11. The summed E-state index contributed by atoms with van der Waals surface area (Å²) in [5, 5.41) is 20.4. The van der Waals surface area contributed by atoms with Crippen LogP contribution in [-0.4, -0.2) is 17.1 Å². The molecule has 106 valence electrons. The molecule has 0 saturated carbocycles. The lowest BCUT2D eigenvalue weighted by atomic mass is 10.00. The Balaban J connectivity index is 0.00000324. The van der Waals surface area contributed by atoms with Crippen molar-refractivity contribution < 1.29 is 14.8 Å². The first-order valence-electron chi connectivity index (χ1n) is 5.32. The van der Waals surface area contributed by atoms with Gasteiger partial charge in [0.25, 0.3) is 0 Å². The summed E-state index contributed by atoms with van der Waals surface area (Å²) in [5.41, 5.74) is 6.90. The molecule has 0 saturated heterocycles. The molecule has 1 atom stereocenters. The first kappa shape index (κ1) is 17.2. The maximum absolute atomic E-state index is 10.8. The van der Waals surface area contributed by atoms with Gasteiger partial charge in [0.05, 0.1) is 12.0 Å². The van der Waals surface area contributed by atoms with Gasteiger partial charge in [-0.1, -0.05) is 5.57 Å². The normalized spacial score (nSPS) is 11.3. The monoisotopic (exact) mass is 288 g/mol. The minimum Gasteiger partial charge on any atom is -0.500 e. The molecule has 0 aliphatic carbocycles. The van der Waals surface area contributed by atoms with Gasteiger partial charge >= 0.3 is 5.69 Å². The molecule has 0 heterocycles. The Morgan fingerprint density at radius 1 is 1.63 bits per heavy atom. The van der Waals surface area contributed by atoms with Gasteiger partial charge in [0.2, 0.25) is 5.75 Å². The van der Waals surface area contributed by atoms with Crippen molar-refractivity contribution in [1.82, 2.24) is 0 Å². The lowest BCUT2D eigenvalue weighted by molar-refractivity contribution is -0.386. The van der Waals surface area contributed by atoms with Gasteiger partial charge in [0.1, 0.15) is 0 Å². The highest BCUT2D eigenvalue weighted by Crippen LogP contribution is 2.38. The molecular formula is C12H17ClN2O4. The second-order valence-corrected chi connectivity index (χ2v) is 4.12. The molecule has 0 amide bonds. The number of methoxy groups -OCH3 is 1. The number of benzene rings is 1. The Kier molecular flexibility index (Phi) is 6.31. The fraction of sp³-hybridized carbons (Fsp3) is 0.333. The molecule has 6 nitrogen and oxygen atoms in total. The van der Waals surface area contributed by atoms with Crippen LogP contribution in [0.2, 0.25) is 0 Å². The molecule has 0 aliphatic rings. The largest absolute Gasteiger partial charge is 0.500 e. The SMILES string of the molecule is C=C(C)C[C@H](N)c1cc(OC)c(O)c([N+](=O)[O-])c1.Cl. The van der Waals surface area contributed by atoms with E-state index in [4.69, 9.17) is 10.5 Å². The highest BCUT2D eigenvalue weighted by Gasteiger charge is 2.21. The average molecular weight is 289 g/mol. The maximum atomic E-state index is 10.8. The fourth-order valence-electron chi connectivity index (χ4n) is 1.62. The number of phenols is 1. The first-order valence-corrected chi connectivity index (χ1v) is 5.32. The van der Waals surface area contributed by atoms with E-state index in [-0.39, 0.29) is 18.2 Å². The molecule has 0 bridgehead atoms. The van der Waals surface area contributed by atoms with Crippen molar-refractivity contribution in [2.45, 2.75) is 19.4 Å². The van der Waals surface area contributed by atoms with Gasteiger partial charge in [-0.3, -0.25) is 10.1 Å². The molecule has 0 spiro atoms. The number of aromatic hydroxyl groups is 1. The molecule has 0 unspecified atom stereocenters. The van der Waals surface area contributed by atoms with Crippen molar-refractivity contribution in [2.24, 2.45) is 5.73 Å². The molecule has 3 N–H and O–H groups in total. The number of halogens is 1. The summed E-state index contributed by atoms with van der Waals surface area (Å²) in [7, 11) is 1.33. The third-order valence-corrected chi connectivity index (χ3v) is 2.49. The molecule has 1 rings (SSSR count). The van der Waals surface area contributed by atoms with E-state index in [1.165, 1.54) is 19.2 Å². The first-order chi connectivity index (χ1) is 8.36. The van der Waals surface area contributed by atoms with Crippen LogP contribution in [0.3, 0.4) is 0 Å². The van der Waals surface area contributed by atoms with Gasteiger partial charge in [-0.2, -0.15) is 0 Å². The van der Waals surface area contributed by atoms with Gasteiger partial charge in [0, 0.05) is 12.1 Å². The predicted molar refractivity (Wildman–Crippen MR) is 74.9 cm³/mol. The lowest BCUT2D eigenvalue weighted by Crippen LogP contribution is -2.11. The van der Waals surface area contributed by atoms with Crippen molar-refractivity contribution in [3.8, 4) is 11.5 Å². The lowest BCUT2D eigenvalue weighted by Gasteiger charge is -2.14. The Labute approximate surface area is 117 Å². The van der Waals surface area contributed by atoms with E-state index in [0.717, 1.165) is 5.57 Å². The number of hydrogen-bond acceptors (Lipinski definition) is 5. The Bertz CT molecular complexity index is 491. The molecule has 19 heavy (non-hydrogen) atoms. The summed E-state index contributed by atoms with van der Waals surface area (Å²) in [6.07, 6.45) is 0.505. The summed E-state index contributed by atoms with van der Waals surface area (Å²) >= 11 is 0. The molecule has 0 aromatic heterocycles. The molecule has 0 aliphatic heterocycles. The summed E-state index contributed by atoms with van der Waals surface area (Å²) < 4.78 is 4.90. The van der Waals surface area contributed by atoms with Gasteiger partial charge in [-0.25, -0.2) is 0 Å². The third-order valence-electron chi connectivity index (χ3n) is 2.49. The highest BCUT2D eigenvalue weighted by molar-refractivity contribution is 5.85. The highest BCUT2D eigenvalue weighted by atomic mass is 35.5. The second-order valence-electron chi connectivity index (χ2n) is 4.12. The van der Waals surface area contributed by atoms with Crippen LogP contribution in [0.25, 0.3) is 0 Å². The average Bonchev–Trinajstić information content (AvgIpc) is 2.27. The number of nitro benzene ring substituents is 1. The van der Waals surface area contributed by atoms with Crippen LogP contribution in [0, 0.1) is 10.1 Å². The number of phenolic OH excluding ortho intramolecular Hbond substituents is 1. The van der Waals surface area contributed by atoms with Gasteiger partial charge < -0.3 is 15.6 Å². The Morgan fingerprint density at radius 2 is 2.21 bits per heavy atom. The van der Waals surface area contributed by atoms with Crippen LogP contribution in [0.15, 0.2) is 24.3 Å². The van der Waals surface area contributed by atoms with Crippen molar-refractivity contribution in [3.63, 3.8) is 0 Å². The van der Waals surface area contributed by atoms with E-state index in [9.17, 15) is 15.2 Å². The number of ether oxygens (including phenoxy) is 1. The standard InChI is InChI=1S/C12H16N2O4.ClH/c1-7(2)4-9(13)8-5-10(14(16)17)12(15)11(6-8)18-3;/h5-6,9,15H,1,4,13H2,2-3H3;1H/t9-;/m0./s1. The topological polar surface area (TPSA) is 98.6 Å². The van der Waals surface area contributed by atoms with Crippen molar-refractivity contribution in [3.05, 3.63) is 40.0 Å². The maximum Gasteiger partial charge on any atom is 0.314 e. The van der Waals surface area contributed by atoms with Crippen molar-refractivity contribution in [1.29, 1.82) is 0 Å². The number of nitrogens with zero attached hydrogens (tertiary/aromatic N) is 1. The fourth-order valence-corrected chi connectivity index (χ4v) is 1.62. The van der Waals surface area contributed by atoms with Crippen molar-refractivity contribution in [2.75, 3.05) is 7.11 Å².